The number of nitrogens with zero attached hydrogens (tertiary/aromatic N) is 2. The van der Waals surface area contributed by atoms with Gasteiger partial charge in [0, 0.05) is 25.6 Å². The molecule has 1 aromatic rings. The number of rotatable bonds is 3. The molecule has 0 saturated carbocycles. The summed E-state index contributed by atoms with van der Waals surface area (Å²) in [4.78, 5) is 27.9. The Hall–Kier alpha value is -2.04. The summed E-state index contributed by atoms with van der Waals surface area (Å²) in [6.07, 6.45) is 0.480. The highest BCUT2D eigenvalue weighted by Gasteiger charge is 2.34. The highest BCUT2D eigenvalue weighted by atomic mass is 16.6. The fourth-order valence-electron chi connectivity index (χ4n) is 3.16. The Morgan fingerprint density at radius 1 is 1.24 bits per heavy atom. The Morgan fingerprint density at radius 2 is 1.84 bits per heavy atom. The van der Waals surface area contributed by atoms with Crippen LogP contribution in [-0.4, -0.2) is 53.6 Å². The minimum Gasteiger partial charge on any atom is -0.444 e. The maximum absolute atomic E-state index is 12.6. The van der Waals surface area contributed by atoms with Crippen molar-refractivity contribution in [2.75, 3.05) is 20.1 Å². The van der Waals surface area contributed by atoms with Crippen LogP contribution in [0.1, 0.15) is 51.2 Å². The summed E-state index contributed by atoms with van der Waals surface area (Å²) in [6, 6.07) is 8.69. The van der Waals surface area contributed by atoms with Crippen molar-refractivity contribution in [2.24, 2.45) is 0 Å². The molecule has 2 rings (SSSR count). The molecule has 0 N–H and O–H groups in total. The van der Waals surface area contributed by atoms with Gasteiger partial charge in [-0.15, -0.1) is 0 Å². The molecule has 1 aromatic carbocycles. The Morgan fingerprint density at radius 3 is 2.40 bits per heavy atom. The van der Waals surface area contributed by atoms with Gasteiger partial charge in [-0.05, 0) is 46.6 Å². The number of hydrogen-bond donors (Lipinski definition) is 0. The van der Waals surface area contributed by atoms with E-state index in [2.05, 4.69) is 38.1 Å². The average Bonchev–Trinajstić information content (AvgIpc) is 2.88. The van der Waals surface area contributed by atoms with Gasteiger partial charge in [0.15, 0.2) is 0 Å². The lowest BCUT2D eigenvalue weighted by atomic mass is 9.96. The predicted octanol–water partition coefficient (Wildman–Crippen LogP) is 3.57. The lowest BCUT2D eigenvalue weighted by Crippen LogP contribution is -2.44. The van der Waals surface area contributed by atoms with E-state index in [1.807, 2.05) is 25.7 Å². The van der Waals surface area contributed by atoms with Gasteiger partial charge in [-0.2, -0.15) is 0 Å². The van der Waals surface area contributed by atoms with Crippen molar-refractivity contribution in [3.63, 3.8) is 0 Å². The Kier molecular flexibility index (Phi) is 5.76. The van der Waals surface area contributed by atoms with Crippen molar-refractivity contribution in [3.05, 3.63) is 35.4 Å². The van der Waals surface area contributed by atoms with E-state index in [1.54, 1.807) is 7.05 Å². The molecule has 1 fully saturated rings. The molecule has 138 valence electrons. The molecule has 5 nitrogen and oxygen atoms in total. The van der Waals surface area contributed by atoms with Crippen molar-refractivity contribution in [1.82, 2.24) is 9.80 Å². The zero-order chi connectivity index (χ0) is 18.8. The van der Waals surface area contributed by atoms with E-state index in [-0.39, 0.29) is 18.5 Å². The van der Waals surface area contributed by atoms with Gasteiger partial charge in [0.1, 0.15) is 12.1 Å². The standard InChI is InChI=1S/C20H30N2O3/c1-14-7-9-16(10-8-14)17-11-15(2)22(12-17)18(23)13-21(6)19(24)25-20(3,4)5/h7-10,15,17H,11-13H2,1-6H3/t15-,17-/m1/s1. The van der Waals surface area contributed by atoms with Gasteiger partial charge in [0.25, 0.3) is 0 Å². The molecule has 0 unspecified atom stereocenters. The predicted molar refractivity (Wildman–Crippen MR) is 98.6 cm³/mol. The second-order valence-electron chi connectivity index (χ2n) is 8.07. The number of benzene rings is 1. The van der Waals surface area contributed by atoms with Crippen LogP contribution in [0.2, 0.25) is 0 Å². The van der Waals surface area contributed by atoms with Gasteiger partial charge in [0.05, 0.1) is 0 Å². The van der Waals surface area contributed by atoms with Crippen molar-refractivity contribution < 1.29 is 14.3 Å². The third-order valence-corrected chi connectivity index (χ3v) is 4.52. The molecule has 25 heavy (non-hydrogen) atoms. The van der Waals surface area contributed by atoms with Crippen LogP contribution < -0.4 is 0 Å². The summed E-state index contributed by atoms with van der Waals surface area (Å²) >= 11 is 0. The largest absolute Gasteiger partial charge is 0.444 e. The topological polar surface area (TPSA) is 49.9 Å². The van der Waals surface area contributed by atoms with Crippen LogP contribution in [0.4, 0.5) is 4.79 Å². The van der Waals surface area contributed by atoms with E-state index in [0.29, 0.717) is 12.5 Å². The van der Waals surface area contributed by atoms with E-state index in [0.717, 1.165) is 6.42 Å². The van der Waals surface area contributed by atoms with Crippen LogP contribution in [-0.2, 0) is 9.53 Å². The van der Waals surface area contributed by atoms with Gasteiger partial charge < -0.3 is 14.5 Å². The van der Waals surface area contributed by atoms with Gasteiger partial charge in [-0.25, -0.2) is 4.79 Å². The van der Waals surface area contributed by atoms with E-state index in [1.165, 1.54) is 16.0 Å². The number of likely N-dealkylation sites (tertiary alicyclic amines) is 1. The maximum Gasteiger partial charge on any atom is 0.410 e. The fraction of sp³-hybridized carbons (Fsp3) is 0.600. The second-order valence-corrected chi connectivity index (χ2v) is 8.07. The van der Waals surface area contributed by atoms with Crippen LogP contribution in [0.5, 0.6) is 0 Å². The zero-order valence-electron chi connectivity index (χ0n) is 16.2. The number of ether oxygens (including phenoxy) is 1. The van der Waals surface area contributed by atoms with E-state index < -0.39 is 11.7 Å². The highest BCUT2D eigenvalue weighted by molar-refractivity contribution is 5.82. The maximum atomic E-state index is 12.6. The average molecular weight is 346 g/mol. The second kappa shape index (κ2) is 7.46. The first-order chi connectivity index (χ1) is 11.6. The molecule has 1 saturated heterocycles. The summed E-state index contributed by atoms with van der Waals surface area (Å²) in [5, 5.41) is 0. The van der Waals surface area contributed by atoms with E-state index >= 15 is 0 Å². The minimum absolute atomic E-state index is 0.0320. The first-order valence-corrected chi connectivity index (χ1v) is 8.87. The molecular weight excluding hydrogens is 316 g/mol. The molecule has 0 aliphatic carbocycles. The molecule has 1 aliphatic rings. The quantitative estimate of drug-likeness (QED) is 0.841. The first kappa shape index (κ1) is 19.3. The van der Waals surface area contributed by atoms with E-state index in [9.17, 15) is 9.59 Å². The summed E-state index contributed by atoms with van der Waals surface area (Å²) in [7, 11) is 1.60. The molecule has 1 aliphatic heterocycles. The van der Waals surface area contributed by atoms with Crippen molar-refractivity contribution in [3.8, 4) is 0 Å². The molecule has 5 heteroatoms. The summed E-state index contributed by atoms with van der Waals surface area (Å²) in [6.45, 7) is 10.3. The van der Waals surface area contributed by atoms with Gasteiger partial charge in [-0.1, -0.05) is 29.8 Å². The van der Waals surface area contributed by atoms with Crippen molar-refractivity contribution in [2.45, 2.75) is 58.6 Å². The van der Waals surface area contributed by atoms with Crippen LogP contribution in [0, 0.1) is 6.92 Å². The number of hydrogen-bond acceptors (Lipinski definition) is 3. The van der Waals surface area contributed by atoms with Gasteiger partial charge in [0.2, 0.25) is 5.91 Å². The van der Waals surface area contributed by atoms with Gasteiger partial charge >= 0.3 is 6.09 Å². The van der Waals surface area contributed by atoms with Crippen molar-refractivity contribution in [1.29, 1.82) is 0 Å². The fourth-order valence-corrected chi connectivity index (χ4v) is 3.16. The molecule has 1 heterocycles. The molecule has 2 atom stereocenters. The van der Waals surface area contributed by atoms with Crippen LogP contribution in [0.3, 0.4) is 0 Å². The lowest BCUT2D eigenvalue weighted by Gasteiger charge is -2.27. The third kappa shape index (κ3) is 5.21. The van der Waals surface area contributed by atoms with Gasteiger partial charge in [-0.3, -0.25) is 4.79 Å². The molecule has 0 spiro atoms. The number of aryl methyl sites for hydroxylation is 1. The Labute approximate surface area is 150 Å². The minimum atomic E-state index is -0.564. The number of carbonyl (C=O) groups excluding carboxylic acids is 2. The zero-order valence-corrected chi connectivity index (χ0v) is 16.2. The van der Waals surface area contributed by atoms with Crippen molar-refractivity contribution >= 4 is 12.0 Å². The SMILES string of the molecule is Cc1ccc([C@@H]2C[C@@H](C)N(C(=O)CN(C)C(=O)OC(C)(C)C)C2)cc1. The number of amides is 2. The monoisotopic (exact) mass is 346 g/mol. The first-order valence-electron chi connectivity index (χ1n) is 8.87. The van der Waals surface area contributed by atoms with E-state index in [4.69, 9.17) is 4.74 Å². The summed E-state index contributed by atoms with van der Waals surface area (Å²) in [5.41, 5.74) is 1.95. The number of likely N-dealkylation sites (N-methyl/N-ethyl adjacent to an activating group) is 1. The smallest absolute Gasteiger partial charge is 0.410 e. The molecular formula is C20H30N2O3. The van der Waals surface area contributed by atoms with Crippen LogP contribution in [0.15, 0.2) is 24.3 Å². The Balaban J connectivity index is 1.95. The molecule has 0 bridgehead atoms. The molecule has 0 radical (unpaired) electrons. The Bertz CT molecular complexity index is 619. The number of carbonyl (C=O) groups is 2. The highest BCUT2D eigenvalue weighted by Crippen LogP contribution is 2.31. The molecule has 0 aromatic heterocycles. The lowest BCUT2D eigenvalue weighted by molar-refractivity contribution is -0.132. The normalized spacial score (nSPS) is 20.5. The van der Waals surface area contributed by atoms with Crippen LogP contribution in [0.25, 0.3) is 0 Å². The summed E-state index contributed by atoms with van der Waals surface area (Å²) < 4.78 is 5.31. The summed E-state index contributed by atoms with van der Waals surface area (Å²) in [5.74, 6) is 0.321. The third-order valence-electron chi connectivity index (χ3n) is 4.52. The molecule has 2 amide bonds. The van der Waals surface area contributed by atoms with Crippen LogP contribution >= 0.6 is 0 Å².